The molecule has 4 nitrogen and oxygen atoms in total. The number of nitrogens with zero attached hydrogens (tertiary/aromatic N) is 2. The fraction of sp³-hybridized carbons (Fsp3) is 0.100. The van der Waals surface area contributed by atoms with E-state index in [9.17, 15) is 9.59 Å². The van der Waals surface area contributed by atoms with Gasteiger partial charge < -0.3 is 9.13 Å². The lowest BCUT2D eigenvalue weighted by atomic mass is 10.2. The van der Waals surface area contributed by atoms with Gasteiger partial charge in [-0.2, -0.15) is 0 Å². The number of hydrogen-bond acceptors (Lipinski definition) is 2. The van der Waals surface area contributed by atoms with Crippen molar-refractivity contribution in [3.8, 4) is 0 Å². The van der Waals surface area contributed by atoms with Gasteiger partial charge in [0.1, 0.15) is 10.7 Å². The van der Waals surface area contributed by atoms with E-state index in [2.05, 4.69) is 0 Å². The molecular formula is C20H16Cl2N2O2. The molecule has 0 N–H and O–H groups in total. The lowest BCUT2D eigenvalue weighted by molar-refractivity contribution is 0.696. The van der Waals surface area contributed by atoms with Crippen LogP contribution < -0.4 is 21.8 Å². The van der Waals surface area contributed by atoms with E-state index in [0.29, 0.717) is 21.0 Å². The molecule has 0 spiro atoms. The van der Waals surface area contributed by atoms with Crippen LogP contribution in [0.1, 0.15) is 11.1 Å². The van der Waals surface area contributed by atoms with Crippen LogP contribution >= 0.6 is 23.2 Å². The second-order valence-electron chi connectivity index (χ2n) is 5.87. The van der Waals surface area contributed by atoms with Gasteiger partial charge >= 0.3 is 0 Å². The smallest absolute Gasteiger partial charge is 0.274 e. The van der Waals surface area contributed by atoms with Crippen LogP contribution in [0.4, 0.5) is 0 Å². The molecule has 3 rings (SSSR count). The average molecular weight is 387 g/mol. The third kappa shape index (κ3) is 3.52. The zero-order chi connectivity index (χ0) is 18.8. The van der Waals surface area contributed by atoms with Crippen LogP contribution in [-0.4, -0.2) is 9.13 Å². The van der Waals surface area contributed by atoms with Gasteiger partial charge in [-0.3, -0.25) is 9.59 Å². The van der Waals surface area contributed by atoms with Gasteiger partial charge in [-0.25, -0.2) is 0 Å². The summed E-state index contributed by atoms with van der Waals surface area (Å²) in [6, 6.07) is 14.4. The minimum Gasteiger partial charge on any atom is -0.305 e. The number of rotatable bonds is 2. The molecule has 0 aliphatic heterocycles. The molecule has 0 fully saturated rings. The first-order chi connectivity index (χ1) is 12.4. The Bertz CT molecular complexity index is 1210. The Hall–Kier alpha value is -2.56. The average Bonchev–Trinajstić information content (AvgIpc) is 2.64. The van der Waals surface area contributed by atoms with E-state index in [1.54, 1.807) is 44.4 Å². The van der Waals surface area contributed by atoms with Crippen LogP contribution in [0.3, 0.4) is 0 Å². The van der Waals surface area contributed by atoms with Crippen LogP contribution in [0.2, 0.25) is 10.0 Å². The highest BCUT2D eigenvalue weighted by Gasteiger charge is 2.06. The number of hydrogen-bond donors (Lipinski definition) is 0. The molecule has 0 atom stereocenters. The highest BCUT2D eigenvalue weighted by atomic mass is 35.5. The predicted octanol–water partition coefficient (Wildman–Crippen LogP) is 2.05. The molecule has 0 bridgehead atoms. The molecule has 6 heteroatoms. The van der Waals surface area contributed by atoms with E-state index >= 15 is 0 Å². The van der Waals surface area contributed by atoms with Crippen LogP contribution in [0.15, 0.2) is 58.1 Å². The van der Waals surface area contributed by atoms with Crippen LogP contribution in [0.25, 0.3) is 12.2 Å². The maximum atomic E-state index is 12.8. The zero-order valence-corrected chi connectivity index (χ0v) is 15.8. The van der Waals surface area contributed by atoms with Crippen molar-refractivity contribution in [2.75, 3.05) is 0 Å². The first-order valence-corrected chi connectivity index (χ1v) is 8.63. The first-order valence-electron chi connectivity index (χ1n) is 7.88. The first kappa shape index (κ1) is 18.2. The van der Waals surface area contributed by atoms with Crippen LogP contribution in [-0.2, 0) is 14.1 Å². The third-order valence-corrected chi connectivity index (χ3v) is 4.86. The summed E-state index contributed by atoms with van der Waals surface area (Å²) >= 11 is 12.0. The number of benzene rings is 2. The van der Waals surface area contributed by atoms with Gasteiger partial charge in [-0.1, -0.05) is 59.6 Å². The monoisotopic (exact) mass is 386 g/mol. The van der Waals surface area contributed by atoms with Crippen LogP contribution in [0.5, 0.6) is 0 Å². The third-order valence-electron chi connectivity index (χ3n) is 4.12. The van der Waals surface area contributed by atoms with Gasteiger partial charge in [0.25, 0.3) is 11.1 Å². The van der Waals surface area contributed by atoms with Crippen molar-refractivity contribution in [1.29, 1.82) is 0 Å². The SMILES string of the molecule is Cn1c(=O)c(=Cc2ccc(Cl)c(Cl)c2)n(C)c(=O)c1=Cc1ccccc1. The van der Waals surface area contributed by atoms with Crippen molar-refractivity contribution in [3.63, 3.8) is 0 Å². The standard InChI is InChI=1S/C20H16Cl2N2O2/c1-23-17(11-13-6-4-3-5-7-13)19(25)24(2)18(20(23)26)12-14-8-9-15(21)16(22)10-14/h3-12H,1-2H3. The summed E-state index contributed by atoms with van der Waals surface area (Å²) in [5, 5.41) is 1.39. The highest BCUT2D eigenvalue weighted by molar-refractivity contribution is 6.42. The van der Waals surface area contributed by atoms with E-state index in [1.165, 1.54) is 9.13 Å². The van der Waals surface area contributed by atoms with Gasteiger partial charge in [0.15, 0.2) is 0 Å². The molecule has 132 valence electrons. The second kappa shape index (κ2) is 7.36. The quantitative estimate of drug-likeness (QED) is 0.676. The fourth-order valence-corrected chi connectivity index (χ4v) is 2.94. The van der Waals surface area contributed by atoms with Gasteiger partial charge in [-0.15, -0.1) is 0 Å². The summed E-state index contributed by atoms with van der Waals surface area (Å²) in [6.45, 7) is 0. The van der Waals surface area contributed by atoms with E-state index in [-0.39, 0.29) is 16.5 Å². The van der Waals surface area contributed by atoms with E-state index in [1.807, 2.05) is 30.3 Å². The Balaban J connectivity index is 2.30. The summed E-state index contributed by atoms with van der Waals surface area (Å²) in [6.07, 6.45) is 3.32. The van der Waals surface area contributed by atoms with Crippen molar-refractivity contribution in [1.82, 2.24) is 9.13 Å². The zero-order valence-electron chi connectivity index (χ0n) is 14.2. The van der Waals surface area contributed by atoms with Crippen molar-refractivity contribution < 1.29 is 0 Å². The Kier molecular flexibility index (Phi) is 5.16. The van der Waals surface area contributed by atoms with Crippen molar-refractivity contribution in [3.05, 3.63) is 101 Å². The Morgan fingerprint density at radius 2 is 1.27 bits per heavy atom. The molecule has 1 heterocycles. The molecule has 3 aromatic rings. The summed E-state index contributed by atoms with van der Waals surface area (Å²) in [7, 11) is 3.17. The molecule has 0 aliphatic carbocycles. The van der Waals surface area contributed by atoms with Gasteiger partial charge in [0.05, 0.1) is 10.0 Å². The normalized spacial score (nSPS) is 12.6. The lowest BCUT2D eigenvalue weighted by Crippen LogP contribution is -2.56. The molecule has 2 aromatic carbocycles. The molecule has 1 aromatic heterocycles. The largest absolute Gasteiger partial charge is 0.305 e. The molecule has 0 radical (unpaired) electrons. The molecule has 0 saturated heterocycles. The maximum Gasteiger partial charge on any atom is 0.274 e. The lowest BCUT2D eigenvalue weighted by Gasteiger charge is -2.05. The molecular weight excluding hydrogens is 371 g/mol. The Morgan fingerprint density at radius 1 is 0.731 bits per heavy atom. The summed E-state index contributed by atoms with van der Waals surface area (Å²) in [5.74, 6) is 0. The maximum absolute atomic E-state index is 12.8. The van der Waals surface area contributed by atoms with Crippen molar-refractivity contribution in [2.45, 2.75) is 0 Å². The van der Waals surface area contributed by atoms with Crippen LogP contribution in [0, 0.1) is 0 Å². The van der Waals surface area contributed by atoms with E-state index < -0.39 is 0 Å². The molecule has 0 saturated carbocycles. The fourth-order valence-electron chi connectivity index (χ4n) is 2.63. The molecule has 0 amide bonds. The summed E-state index contributed by atoms with van der Waals surface area (Å²) in [4.78, 5) is 25.6. The number of halogens is 2. The second-order valence-corrected chi connectivity index (χ2v) is 6.69. The minimum atomic E-state index is -0.277. The Morgan fingerprint density at radius 3 is 1.81 bits per heavy atom. The Labute approximate surface area is 159 Å². The highest BCUT2D eigenvalue weighted by Crippen LogP contribution is 2.22. The summed E-state index contributed by atoms with van der Waals surface area (Å²) in [5.41, 5.74) is 0.995. The van der Waals surface area contributed by atoms with Crippen molar-refractivity contribution in [2.24, 2.45) is 14.1 Å². The predicted molar refractivity (Wildman–Crippen MR) is 106 cm³/mol. The van der Waals surface area contributed by atoms with E-state index in [0.717, 1.165) is 5.56 Å². The van der Waals surface area contributed by atoms with Gasteiger partial charge in [0.2, 0.25) is 0 Å². The van der Waals surface area contributed by atoms with E-state index in [4.69, 9.17) is 23.2 Å². The summed E-state index contributed by atoms with van der Waals surface area (Å²) < 4.78 is 2.71. The van der Waals surface area contributed by atoms with Crippen molar-refractivity contribution >= 4 is 35.4 Å². The number of aromatic nitrogens is 2. The topological polar surface area (TPSA) is 44.0 Å². The van der Waals surface area contributed by atoms with Gasteiger partial charge in [-0.05, 0) is 35.4 Å². The molecule has 0 unspecified atom stereocenters. The molecule has 26 heavy (non-hydrogen) atoms. The van der Waals surface area contributed by atoms with Gasteiger partial charge in [0, 0.05) is 14.1 Å². The molecule has 0 aliphatic rings. The minimum absolute atomic E-state index is 0.262.